The monoisotopic (exact) mass is 271 g/mol. The Morgan fingerprint density at radius 1 is 1.40 bits per heavy atom. The lowest BCUT2D eigenvalue weighted by atomic mass is 10.1. The molecule has 1 aromatic carbocycles. The lowest BCUT2D eigenvalue weighted by molar-refractivity contribution is 0.121. The van der Waals surface area contributed by atoms with Gasteiger partial charge in [-0.3, -0.25) is 0 Å². The molecule has 106 valence electrons. The van der Waals surface area contributed by atoms with Crippen LogP contribution in [-0.2, 0) is 11.3 Å². The molecule has 0 radical (unpaired) electrons. The van der Waals surface area contributed by atoms with Gasteiger partial charge in [0.05, 0.1) is 17.4 Å². The van der Waals surface area contributed by atoms with E-state index in [1.54, 1.807) is 7.11 Å². The SMILES string of the molecule is COC1CCN(c2ccc(CNC3CC3)cc2C#N)C1. The molecule has 0 bridgehead atoms. The molecular formula is C16H21N3O. The summed E-state index contributed by atoms with van der Waals surface area (Å²) in [7, 11) is 1.76. The highest BCUT2D eigenvalue weighted by Gasteiger charge is 2.24. The van der Waals surface area contributed by atoms with Gasteiger partial charge in [0.1, 0.15) is 6.07 Å². The number of nitrogens with one attached hydrogen (secondary N) is 1. The van der Waals surface area contributed by atoms with Gasteiger partial charge in [0.25, 0.3) is 0 Å². The Labute approximate surface area is 120 Å². The van der Waals surface area contributed by atoms with Crippen LogP contribution in [0.1, 0.15) is 30.4 Å². The number of hydrogen-bond donors (Lipinski definition) is 1. The number of anilines is 1. The van der Waals surface area contributed by atoms with E-state index in [1.807, 2.05) is 6.07 Å². The maximum absolute atomic E-state index is 9.39. The minimum atomic E-state index is 0.290. The first-order valence-electron chi connectivity index (χ1n) is 7.34. The molecule has 1 saturated carbocycles. The van der Waals surface area contributed by atoms with E-state index in [1.165, 1.54) is 18.4 Å². The zero-order valence-corrected chi connectivity index (χ0v) is 11.9. The largest absolute Gasteiger partial charge is 0.380 e. The number of benzene rings is 1. The Kier molecular flexibility index (Phi) is 3.90. The average Bonchev–Trinajstić information content (AvgIpc) is 3.20. The number of nitriles is 1. The van der Waals surface area contributed by atoms with Gasteiger partial charge in [-0.1, -0.05) is 6.07 Å². The van der Waals surface area contributed by atoms with Crippen LogP contribution >= 0.6 is 0 Å². The van der Waals surface area contributed by atoms with Crippen molar-refractivity contribution in [2.24, 2.45) is 0 Å². The molecule has 0 amide bonds. The highest BCUT2D eigenvalue weighted by atomic mass is 16.5. The van der Waals surface area contributed by atoms with Crippen molar-refractivity contribution >= 4 is 5.69 Å². The first kappa shape index (κ1) is 13.4. The lowest BCUT2D eigenvalue weighted by Gasteiger charge is -2.20. The van der Waals surface area contributed by atoms with Crippen molar-refractivity contribution in [3.05, 3.63) is 29.3 Å². The predicted octanol–water partition coefficient (Wildman–Crippen LogP) is 2.04. The fourth-order valence-corrected chi connectivity index (χ4v) is 2.75. The third-order valence-corrected chi connectivity index (χ3v) is 4.17. The highest BCUT2D eigenvalue weighted by molar-refractivity contribution is 5.61. The van der Waals surface area contributed by atoms with Crippen LogP contribution in [0, 0.1) is 11.3 Å². The molecule has 1 atom stereocenters. The van der Waals surface area contributed by atoms with Gasteiger partial charge in [-0.05, 0) is 37.0 Å². The van der Waals surface area contributed by atoms with Crippen LogP contribution < -0.4 is 10.2 Å². The molecule has 1 unspecified atom stereocenters. The van der Waals surface area contributed by atoms with E-state index in [-0.39, 0.29) is 6.10 Å². The van der Waals surface area contributed by atoms with Gasteiger partial charge >= 0.3 is 0 Å². The summed E-state index contributed by atoms with van der Waals surface area (Å²) in [6.07, 6.45) is 3.90. The Morgan fingerprint density at radius 2 is 2.25 bits per heavy atom. The Morgan fingerprint density at radius 3 is 2.90 bits per heavy atom. The molecule has 1 aromatic rings. The topological polar surface area (TPSA) is 48.3 Å². The van der Waals surface area contributed by atoms with Crippen molar-refractivity contribution in [2.45, 2.75) is 38.0 Å². The van der Waals surface area contributed by atoms with Crippen LogP contribution in [0.25, 0.3) is 0 Å². The van der Waals surface area contributed by atoms with Gasteiger partial charge in [0.15, 0.2) is 0 Å². The second kappa shape index (κ2) is 5.82. The molecule has 1 aliphatic heterocycles. The molecule has 0 aromatic heterocycles. The Bertz CT molecular complexity index is 519. The van der Waals surface area contributed by atoms with Gasteiger partial charge in [-0.25, -0.2) is 0 Å². The summed E-state index contributed by atoms with van der Waals surface area (Å²) in [5.74, 6) is 0. The standard InChI is InChI=1S/C16H21N3O/c1-20-15-6-7-19(11-15)16-5-2-12(8-13(16)9-17)10-18-14-3-4-14/h2,5,8,14-15,18H,3-4,6-7,10-11H2,1H3. The third kappa shape index (κ3) is 2.95. The van der Waals surface area contributed by atoms with Gasteiger partial charge in [-0.2, -0.15) is 5.26 Å². The number of hydrogen-bond acceptors (Lipinski definition) is 4. The molecule has 3 rings (SSSR count). The summed E-state index contributed by atoms with van der Waals surface area (Å²) in [5.41, 5.74) is 3.01. The van der Waals surface area contributed by atoms with Gasteiger partial charge in [0.2, 0.25) is 0 Å². The maximum atomic E-state index is 9.39. The first-order valence-corrected chi connectivity index (χ1v) is 7.34. The van der Waals surface area contributed by atoms with E-state index in [9.17, 15) is 5.26 Å². The van der Waals surface area contributed by atoms with Crippen molar-refractivity contribution in [3.63, 3.8) is 0 Å². The molecule has 0 spiro atoms. The zero-order valence-electron chi connectivity index (χ0n) is 11.9. The van der Waals surface area contributed by atoms with Crippen molar-refractivity contribution in [1.82, 2.24) is 5.32 Å². The minimum absolute atomic E-state index is 0.290. The van der Waals surface area contributed by atoms with Crippen molar-refractivity contribution in [3.8, 4) is 6.07 Å². The maximum Gasteiger partial charge on any atom is 0.101 e. The first-order chi connectivity index (χ1) is 9.80. The summed E-state index contributed by atoms with van der Waals surface area (Å²) >= 11 is 0. The van der Waals surface area contributed by atoms with Crippen LogP contribution in [0.3, 0.4) is 0 Å². The molecule has 1 aliphatic carbocycles. The van der Waals surface area contributed by atoms with Gasteiger partial charge in [-0.15, -0.1) is 0 Å². The number of nitrogens with zero attached hydrogens (tertiary/aromatic N) is 2. The van der Waals surface area contributed by atoms with Crippen LogP contribution in [0.4, 0.5) is 5.69 Å². The molecule has 2 fully saturated rings. The second-order valence-corrected chi connectivity index (χ2v) is 5.71. The molecule has 1 saturated heterocycles. The van der Waals surface area contributed by atoms with Gasteiger partial charge in [0, 0.05) is 32.8 Å². The predicted molar refractivity (Wildman–Crippen MR) is 78.6 cm³/mol. The van der Waals surface area contributed by atoms with Crippen LogP contribution in [0.15, 0.2) is 18.2 Å². The Hall–Kier alpha value is -1.57. The van der Waals surface area contributed by atoms with E-state index < -0.39 is 0 Å². The lowest BCUT2D eigenvalue weighted by Crippen LogP contribution is -2.23. The van der Waals surface area contributed by atoms with Crippen LogP contribution in [0.2, 0.25) is 0 Å². The molecule has 1 N–H and O–H groups in total. The molecule has 20 heavy (non-hydrogen) atoms. The molecular weight excluding hydrogens is 250 g/mol. The summed E-state index contributed by atoms with van der Waals surface area (Å²) in [5, 5.41) is 12.9. The fraction of sp³-hybridized carbons (Fsp3) is 0.562. The summed E-state index contributed by atoms with van der Waals surface area (Å²) < 4.78 is 5.40. The number of ether oxygens (including phenoxy) is 1. The van der Waals surface area contributed by atoms with E-state index >= 15 is 0 Å². The van der Waals surface area contributed by atoms with Crippen molar-refractivity contribution in [1.29, 1.82) is 5.26 Å². The van der Waals surface area contributed by atoms with Crippen molar-refractivity contribution < 1.29 is 4.74 Å². The summed E-state index contributed by atoms with van der Waals surface area (Å²) in [6, 6.07) is 9.27. The minimum Gasteiger partial charge on any atom is -0.380 e. The fourth-order valence-electron chi connectivity index (χ4n) is 2.75. The van der Waals surface area contributed by atoms with Gasteiger partial charge < -0.3 is 15.0 Å². The normalized spacial score (nSPS) is 22.0. The molecule has 2 aliphatic rings. The van der Waals surface area contributed by atoms with E-state index in [2.05, 4.69) is 28.4 Å². The molecule has 1 heterocycles. The second-order valence-electron chi connectivity index (χ2n) is 5.71. The van der Waals surface area contributed by atoms with E-state index in [4.69, 9.17) is 4.74 Å². The third-order valence-electron chi connectivity index (χ3n) is 4.17. The zero-order chi connectivity index (χ0) is 13.9. The average molecular weight is 271 g/mol. The Balaban J connectivity index is 1.72. The number of rotatable bonds is 5. The number of methoxy groups -OCH3 is 1. The molecule has 4 nitrogen and oxygen atoms in total. The summed E-state index contributed by atoms with van der Waals surface area (Å²) in [6.45, 7) is 2.71. The van der Waals surface area contributed by atoms with Crippen molar-refractivity contribution in [2.75, 3.05) is 25.1 Å². The quantitative estimate of drug-likeness (QED) is 0.890. The molecule has 4 heteroatoms. The smallest absolute Gasteiger partial charge is 0.101 e. The summed E-state index contributed by atoms with van der Waals surface area (Å²) in [4.78, 5) is 2.25. The van der Waals surface area contributed by atoms with E-state index in [0.29, 0.717) is 6.04 Å². The van der Waals surface area contributed by atoms with E-state index in [0.717, 1.165) is 37.3 Å². The van der Waals surface area contributed by atoms with Crippen LogP contribution in [-0.4, -0.2) is 32.3 Å². The highest BCUT2D eigenvalue weighted by Crippen LogP contribution is 2.26. The van der Waals surface area contributed by atoms with Crippen LogP contribution in [0.5, 0.6) is 0 Å².